The van der Waals surface area contributed by atoms with Gasteiger partial charge in [0.25, 0.3) is 5.56 Å². The maximum absolute atomic E-state index is 14.0. The van der Waals surface area contributed by atoms with Crippen molar-refractivity contribution in [1.29, 1.82) is 0 Å². The summed E-state index contributed by atoms with van der Waals surface area (Å²) in [7, 11) is 1.60. The van der Waals surface area contributed by atoms with Crippen molar-refractivity contribution in [3.05, 3.63) is 45.1 Å². The van der Waals surface area contributed by atoms with Crippen LogP contribution in [0.25, 0.3) is 15.9 Å². The maximum atomic E-state index is 14.0. The molecule has 1 aliphatic rings. The second-order valence-corrected chi connectivity index (χ2v) is 10.9. The van der Waals surface area contributed by atoms with Gasteiger partial charge in [-0.2, -0.15) is 0 Å². The summed E-state index contributed by atoms with van der Waals surface area (Å²) in [5, 5.41) is 1.12. The molecule has 1 aliphatic heterocycles. The van der Waals surface area contributed by atoms with Crippen LogP contribution in [-0.2, 0) is 27.3 Å². The molecule has 0 radical (unpaired) electrons. The number of nitrogens with zero attached hydrogens (tertiary/aromatic N) is 2. The molecule has 3 heterocycles. The molecule has 2 aromatic heterocycles. The largest absolute Gasteiger partial charge is 0.497 e. The highest BCUT2D eigenvalue weighted by molar-refractivity contribution is 7.99. The lowest BCUT2D eigenvalue weighted by atomic mass is 9.90. The van der Waals surface area contributed by atoms with E-state index >= 15 is 0 Å². The summed E-state index contributed by atoms with van der Waals surface area (Å²) >= 11 is 2.73. The normalized spacial score (nSPS) is 17.4. The SMILES string of the molecule is CCCCCOC(=O)CSc1nc2sc3c(c2c(=O)n1-c1ccc(OC)cc1)CC(C)(CC)OC3. The monoisotopic (exact) mass is 516 g/mol. The predicted octanol–water partition coefficient (Wildman–Crippen LogP) is 5.52. The number of unbranched alkanes of at least 4 members (excludes halogenated alkanes) is 2. The van der Waals surface area contributed by atoms with Crippen molar-refractivity contribution in [1.82, 2.24) is 9.55 Å². The van der Waals surface area contributed by atoms with Gasteiger partial charge in [0.1, 0.15) is 10.6 Å². The third-order valence-electron chi connectivity index (χ3n) is 6.39. The van der Waals surface area contributed by atoms with E-state index < -0.39 is 0 Å². The number of carbonyl (C=O) groups is 1. The summed E-state index contributed by atoms with van der Waals surface area (Å²) in [5.74, 6) is 0.478. The van der Waals surface area contributed by atoms with Crippen LogP contribution in [0, 0.1) is 0 Å². The van der Waals surface area contributed by atoms with Gasteiger partial charge in [0.05, 0.1) is 42.8 Å². The number of carbonyl (C=O) groups excluding carboxylic acids is 1. The molecule has 0 fully saturated rings. The first-order valence-electron chi connectivity index (χ1n) is 12.0. The molecular formula is C26H32N2O5S2. The molecule has 0 amide bonds. The molecule has 0 spiro atoms. The highest BCUT2D eigenvalue weighted by Gasteiger charge is 2.33. The molecule has 0 N–H and O–H groups in total. The van der Waals surface area contributed by atoms with Crippen molar-refractivity contribution < 1.29 is 19.0 Å². The molecule has 1 aromatic carbocycles. The first-order chi connectivity index (χ1) is 16.9. The molecule has 35 heavy (non-hydrogen) atoms. The molecule has 1 atom stereocenters. The Hall–Kier alpha value is -2.36. The highest BCUT2D eigenvalue weighted by Crippen LogP contribution is 2.39. The molecule has 9 heteroatoms. The Morgan fingerprint density at radius 1 is 1.26 bits per heavy atom. The number of benzene rings is 1. The zero-order valence-corrected chi connectivity index (χ0v) is 22.4. The maximum Gasteiger partial charge on any atom is 0.316 e. The van der Waals surface area contributed by atoms with Crippen LogP contribution in [-0.4, -0.2) is 40.6 Å². The summed E-state index contributed by atoms with van der Waals surface area (Å²) in [6, 6.07) is 7.29. The molecule has 3 aromatic rings. The molecule has 188 valence electrons. The van der Waals surface area contributed by atoms with Crippen molar-refractivity contribution >= 4 is 39.3 Å². The smallest absolute Gasteiger partial charge is 0.316 e. The van der Waals surface area contributed by atoms with Crippen LogP contribution in [0.4, 0.5) is 0 Å². The summed E-state index contributed by atoms with van der Waals surface area (Å²) in [6.45, 7) is 7.19. The Balaban J connectivity index is 1.73. The van der Waals surface area contributed by atoms with Gasteiger partial charge in [-0.15, -0.1) is 11.3 Å². The standard InChI is InChI=1S/C26H32N2O5S2/c1-5-7-8-13-32-21(29)16-34-25-27-23-22(19-14-26(3,6-2)33-15-20(19)35-23)24(30)28(25)17-9-11-18(31-4)12-10-17/h9-12H,5-8,13-16H2,1-4H3. The molecule has 7 nitrogen and oxygen atoms in total. The minimum atomic E-state index is -0.306. The molecule has 4 rings (SSSR count). The van der Waals surface area contributed by atoms with Crippen LogP contribution in [0.1, 0.15) is 56.9 Å². The minimum Gasteiger partial charge on any atom is -0.497 e. The van der Waals surface area contributed by atoms with Gasteiger partial charge in [-0.3, -0.25) is 14.2 Å². The second-order valence-electron chi connectivity index (χ2n) is 8.90. The number of hydrogen-bond acceptors (Lipinski definition) is 8. The fourth-order valence-electron chi connectivity index (χ4n) is 4.09. The number of ether oxygens (including phenoxy) is 3. The van der Waals surface area contributed by atoms with E-state index in [1.165, 1.54) is 23.1 Å². The average Bonchev–Trinajstić information content (AvgIpc) is 3.23. The van der Waals surface area contributed by atoms with E-state index in [2.05, 4.69) is 20.8 Å². The second kappa shape index (κ2) is 11.1. The third kappa shape index (κ3) is 5.57. The van der Waals surface area contributed by atoms with Gasteiger partial charge in [0, 0.05) is 11.3 Å². The van der Waals surface area contributed by atoms with Crippen LogP contribution in [0.3, 0.4) is 0 Å². The van der Waals surface area contributed by atoms with E-state index in [0.717, 1.165) is 36.1 Å². The van der Waals surface area contributed by atoms with E-state index in [0.29, 0.717) is 46.4 Å². The summed E-state index contributed by atoms with van der Waals surface area (Å²) < 4.78 is 18.3. The van der Waals surface area contributed by atoms with Gasteiger partial charge >= 0.3 is 5.97 Å². The van der Waals surface area contributed by atoms with Crippen LogP contribution < -0.4 is 10.3 Å². The Labute approximate surface area is 213 Å². The lowest BCUT2D eigenvalue weighted by molar-refractivity contribution is -0.140. The van der Waals surface area contributed by atoms with E-state index in [1.807, 2.05) is 24.3 Å². The Kier molecular flexibility index (Phi) is 8.19. The van der Waals surface area contributed by atoms with Gasteiger partial charge in [0.15, 0.2) is 5.16 Å². The number of thioether (sulfide) groups is 1. The lowest BCUT2D eigenvalue weighted by Crippen LogP contribution is -2.34. The van der Waals surface area contributed by atoms with E-state index in [1.54, 1.807) is 11.7 Å². The Morgan fingerprint density at radius 2 is 2.03 bits per heavy atom. The zero-order valence-electron chi connectivity index (χ0n) is 20.7. The number of rotatable bonds is 10. The van der Waals surface area contributed by atoms with Crippen molar-refractivity contribution in [3.8, 4) is 11.4 Å². The van der Waals surface area contributed by atoms with Crippen LogP contribution in [0.15, 0.2) is 34.2 Å². The Bertz CT molecular complexity index is 1250. The van der Waals surface area contributed by atoms with Gasteiger partial charge < -0.3 is 14.2 Å². The summed E-state index contributed by atoms with van der Waals surface area (Å²) in [6.07, 6.45) is 4.48. The van der Waals surface area contributed by atoms with E-state index in [9.17, 15) is 9.59 Å². The minimum absolute atomic E-state index is 0.0856. The quantitative estimate of drug-likeness (QED) is 0.152. The van der Waals surface area contributed by atoms with Gasteiger partial charge in [-0.05, 0) is 49.6 Å². The molecule has 0 bridgehead atoms. The topological polar surface area (TPSA) is 79.7 Å². The summed E-state index contributed by atoms with van der Waals surface area (Å²) in [5.41, 5.74) is 1.28. The number of thiophene rings is 1. The van der Waals surface area contributed by atoms with Crippen LogP contribution >= 0.6 is 23.1 Å². The number of hydrogen-bond donors (Lipinski definition) is 0. The summed E-state index contributed by atoms with van der Waals surface area (Å²) in [4.78, 5) is 32.9. The number of aromatic nitrogens is 2. The van der Waals surface area contributed by atoms with E-state index in [-0.39, 0.29) is 22.9 Å². The number of methoxy groups -OCH3 is 1. The van der Waals surface area contributed by atoms with Gasteiger partial charge in [0.2, 0.25) is 0 Å². The van der Waals surface area contributed by atoms with Crippen LogP contribution in [0.5, 0.6) is 5.75 Å². The average molecular weight is 517 g/mol. The van der Waals surface area contributed by atoms with Crippen molar-refractivity contribution in [3.63, 3.8) is 0 Å². The van der Waals surface area contributed by atoms with E-state index in [4.69, 9.17) is 19.2 Å². The fourth-order valence-corrected chi connectivity index (χ4v) is 6.04. The Morgan fingerprint density at radius 3 is 2.71 bits per heavy atom. The lowest BCUT2D eigenvalue weighted by Gasteiger charge is -2.32. The van der Waals surface area contributed by atoms with Crippen molar-refractivity contribution in [2.45, 2.75) is 70.2 Å². The first-order valence-corrected chi connectivity index (χ1v) is 13.8. The molecular weight excluding hydrogens is 484 g/mol. The predicted molar refractivity (Wildman–Crippen MR) is 140 cm³/mol. The van der Waals surface area contributed by atoms with Gasteiger partial charge in [-0.25, -0.2) is 4.98 Å². The van der Waals surface area contributed by atoms with Crippen LogP contribution in [0.2, 0.25) is 0 Å². The van der Waals surface area contributed by atoms with Crippen molar-refractivity contribution in [2.75, 3.05) is 19.5 Å². The number of esters is 1. The fraction of sp³-hybridized carbons (Fsp3) is 0.500. The molecule has 0 saturated heterocycles. The van der Waals surface area contributed by atoms with Gasteiger partial charge in [-0.1, -0.05) is 38.5 Å². The zero-order chi connectivity index (χ0) is 25.0. The molecule has 0 aliphatic carbocycles. The first kappa shape index (κ1) is 25.7. The molecule has 1 unspecified atom stereocenters. The van der Waals surface area contributed by atoms with Crippen molar-refractivity contribution in [2.24, 2.45) is 0 Å². The molecule has 0 saturated carbocycles. The third-order valence-corrected chi connectivity index (χ3v) is 8.40. The number of fused-ring (bicyclic) bond motifs is 3. The highest BCUT2D eigenvalue weighted by atomic mass is 32.2.